The maximum atomic E-state index is 6.66. The summed E-state index contributed by atoms with van der Waals surface area (Å²) in [7, 11) is 0. The van der Waals surface area contributed by atoms with E-state index >= 15 is 0 Å². The van der Waals surface area contributed by atoms with Crippen molar-refractivity contribution in [3.8, 4) is 44.9 Å². The van der Waals surface area contributed by atoms with Crippen LogP contribution in [0.3, 0.4) is 0 Å². The van der Waals surface area contributed by atoms with Crippen LogP contribution in [0.1, 0.15) is 25.0 Å². The molecule has 0 amide bonds. The topological polar surface area (TPSA) is 12.5 Å². The molecule has 0 fully saturated rings. The van der Waals surface area contributed by atoms with Crippen molar-refractivity contribution in [3.63, 3.8) is 0 Å². The highest BCUT2D eigenvalue weighted by atomic mass is 16.5. The van der Waals surface area contributed by atoms with Gasteiger partial charge in [0.2, 0.25) is 0 Å². The van der Waals surface area contributed by atoms with Crippen LogP contribution in [0.15, 0.2) is 152 Å². The number of anilines is 3. The summed E-state index contributed by atoms with van der Waals surface area (Å²) < 4.78 is 6.66. The van der Waals surface area contributed by atoms with Crippen LogP contribution in [0, 0.1) is 0 Å². The molecule has 2 aliphatic rings. The van der Waals surface area contributed by atoms with Crippen LogP contribution in [0.25, 0.3) is 44.2 Å². The molecule has 2 heteroatoms. The van der Waals surface area contributed by atoms with E-state index in [1.165, 1.54) is 33.4 Å². The standard InChI is InChI=1S/C43H31NO/c1-43(2)37-19-10-9-16-32(37)36-27-31(21-23-38(36)43)44(30-14-7-4-8-15-30)39-24-25-40-42-34(17-11-18-35(39)42)33-22-20-29(26-41(33)45-40)28-12-5-3-6-13-28/h3-27H,1-2H3. The zero-order chi connectivity index (χ0) is 30.1. The van der Waals surface area contributed by atoms with Gasteiger partial charge in [-0.1, -0.05) is 117 Å². The zero-order valence-electron chi connectivity index (χ0n) is 25.3. The average Bonchev–Trinajstić information content (AvgIpc) is 3.32. The quantitative estimate of drug-likeness (QED) is 0.206. The maximum Gasteiger partial charge on any atom is 0.136 e. The Hall–Kier alpha value is -5.60. The van der Waals surface area contributed by atoms with Crippen molar-refractivity contribution in [3.05, 3.63) is 163 Å². The number of rotatable bonds is 4. The van der Waals surface area contributed by atoms with Crippen LogP contribution in [0.5, 0.6) is 11.5 Å². The molecular formula is C43H31NO. The third-order valence-electron chi connectivity index (χ3n) is 9.66. The van der Waals surface area contributed by atoms with Crippen LogP contribution in [0.2, 0.25) is 0 Å². The second-order valence-corrected chi connectivity index (χ2v) is 12.6. The summed E-state index contributed by atoms with van der Waals surface area (Å²) >= 11 is 0. The van der Waals surface area contributed by atoms with Gasteiger partial charge in [0, 0.05) is 33.1 Å². The number of fused-ring (bicyclic) bond motifs is 5. The fraction of sp³-hybridized carbons (Fsp3) is 0.0698. The van der Waals surface area contributed by atoms with Gasteiger partial charge >= 0.3 is 0 Å². The van der Waals surface area contributed by atoms with Crippen LogP contribution >= 0.6 is 0 Å². The van der Waals surface area contributed by atoms with E-state index in [1.807, 2.05) is 6.07 Å². The van der Waals surface area contributed by atoms with Crippen molar-refractivity contribution >= 4 is 27.8 Å². The summed E-state index contributed by atoms with van der Waals surface area (Å²) in [6.07, 6.45) is 0. The van der Waals surface area contributed by atoms with E-state index in [9.17, 15) is 0 Å². The molecule has 0 N–H and O–H groups in total. The van der Waals surface area contributed by atoms with Crippen molar-refractivity contribution in [1.82, 2.24) is 0 Å². The molecule has 0 radical (unpaired) electrons. The lowest BCUT2D eigenvalue weighted by molar-refractivity contribution is 0.487. The number of nitrogens with zero attached hydrogens (tertiary/aromatic N) is 1. The number of hydrogen-bond acceptors (Lipinski definition) is 2. The van der Waals surface area contributed by atoms with Crippen LogP contribution in [-0.2, 0) is 5.41 Å². The van der Waals surface area contributed by atoms with Crippen LogP contribution in [0.4, 0.5) is 17.1 Å². The molecule has 7 aromatic rings. The van der Waals surface area contributed by atoms with Crippen molar-refractivity contribution in [2.75, 3.05) is 4.90 Å². The summed E-state index contributed by atoms with van der Waals surface area (Å²) in [5.41, 5.74) is 13.4. The largest absolute Gasteiger partial charge is 0.456 e. The van der Waals surface area contributed by atoms with E-state index < -0.39 is 0 Å². The molecule has 0 saturated carbocycles. The van der Waals surface area contributed by atoms with E-state index in [1.54, 1.807) is 0 Å². The summed E-state index contributed by atoms with van der Waals surface area (Å²) in [5, 5.41) is 2.30. The first-order valence-electron chi connectivity index (χ1n) is 15.6. The summed E-state index contributed by atoms with van der Waals surface area (Å²) in [4.78, 5) is 2.39. The SMILES string of the molecule is CC1(C)c2ccccc2-c2cc(N(c3ccccc3)c3ccc4c5c(cccc35)-c3ccc(-c5ccccc5)cc3O4)ccc21. The molecule has 2 nitrogen and oxygen atoms in total. The Balaban J connectivity index is 1.23. The highest BCUT2D eigenvalue weighted by Crippen LogP contribution is 2.53. The molecule has 0 atom stereocenters. The van der Waals surface area contributed by atoms with E-state index in [-0.39, 0.29) is 5.41 Å². The van der Waals surface area contributed by atoms with E-state index in [0.29, 0.717) is 0 Å². The minimum Gasteiger partial charge on any atom is -0.456 e. The Morgan fingerprint density at radius 3 is 2.04 bits per heavy atom. The van der Waals surface area contributed by atoms with Gasteiger partial charge < -0.3 is 9.64 Å². The molecule has 7 aromatic carbocycles. The summed E-state index contributed by atoms with van der Waals surface area (Å²) in [6.45, 7) is 4.67. The van der Waals surface area contributed by atoms with Gasteiger partial charge in [0.1, 0.15) is 11.5 Å². The summed E-state index contributed by atoms with van der Waals surface area (Å²) in [6, 6.07) is 54.6. The predicted molar refractivity (Wildman–Crippen MR) is 187 cm³/mol. The molecule has 0 saturated heterocycles. The molecule has 9 rings (SSSR count). The lowest BCUT2D eigenvalue weighted by atomic mass is 9.82. The molecular weight excluding hydrogens is 546 g/mol. The molecule has 1 aliphatic carbocycles. The first-order chi connectivity index (χ1) is 22.1. The van der Waals surface area contributed by atoms with Gasteiger partial charge in [-0.2, -0.15) is 0 Å². The van der Waals surface area contributed by atoms with Crippen molar-refractivity contribution in [2.45, 2.75) is 19.3 Å². The van der Waals surface area contributed by atoms with Crippen molar-refractivity contribution in [2.24, 2.45) is 0 Å². The number of ether oxygens (including phenoxy) is 1. The second kappa shape index (κ2) is 9.70. The van der Waals surface area contributed by atoms with Crippen LogP contribution < -0.4 is 9.64 Å². The molecule has 1 aliphatic heterocycles. The molecule has 0 bridgehead atoms. The van der Waals surface area contributed by atoms with Crippen molar-refractivity contribution < 1.29 is 4.74 Å². The number of para-hydroxylation sites is 1. The Bertz CT molecular complexity index is 2270. The Morgan fingerprint density at radius 1 is 0.467 bits per heavy atom. The highest BCUT2D eigenvalue weighted by Gasteiger charge is 2.35. The Morgan fingerprint density at radius 2 is 1.20 bits per heavy atom. The molecule has 0 spiro atoms. The van der Waals surface area contributed by atoms with Crippen molar-refractivity contribution in [1.29, 1.82) is 0 Å². The van der Waals surface area contributed by atoms with Gasteiger partial charge in [-0.05, 0) is 87.5 Å². The Labute approximate surface area is 263 Å². The maximum absolute atomic E-state index is 6.66. The zero-order valence-corrected chi connectivity index (χ0v) is 25.3. The predicted octanol–water partition coefficient (Wildman–Crippen LogP) is 12.1. The lowest BCUT2D eigenvalue weighted by Gasteiger charge is -2.30. The van der Waals surface area contributed by atoms with Gasteiger partial charge in [-0.3, -0.25) is 0 Å². The number of hydrogen-bond donors (Lipinski definition) is 0. The molecule has 45 heavy (non-hydrogen) atoms. The minimum absolute atomic E-state index is 0.0343. The summed E-state index contributed by atoms with van der Waals surface area (Å²) in [5.74, 6) is 1.78. The van der Waals surface area contributed by atoms with E-state index in [4.69, 9.17) is 4.74 Å². The normalized spacial score (nSPS) is 13.5. The molecule has 0 unspecified atom stereocenters. The van der Waals surface area contributed by atoms with E-state index in [2.05, 4.69) is 164 Å². The number of benzene rings is 7. The Kier molecular flexibility index (Phi) is 5.58. The monoisotopic (exact) mass is 577 g/mol. The first kappa shape index (κ1) is 25.9. The van der Waals surface area contributed by atoms with Gasteiger partial charge in [0.15, 0.2) is 0 Å². The lowest BCUT2D eigenvalue weighted by Crippen LogP contribution is -2.15. The van der Waals surface area contributed by atoms with E-state index in [0.717, 1.165) is 50.5 Å². The third-order valence-corrected chi connectivity index (χ3v) is 9.66. The molecule has 1 heterocycles. The van der Waals surface area contributed by atoms with Gasteiger partial charge in [-0.25, -0.2) is 0 Å². The molecule has 0 aromatic heterocycles. The van der Waals surface area contributed by atoms with Gasteiger partial charge in [0.05, 0.1) is 5.69 Å². The highest BCUT2D eigenvalue weighted by molar-refractivity contribution is 6.11. The minimum atomic E-state index is -0.0343. The smallest absolute Gasteiger partial charge is 0.136 e. The van der Waals surface area contributed by atoms with Gasteiger partial charge in [0.25, 0.3) is 0 Å². The average molecular weight is 578 g/mol. The fourth-order valence-electron chi connectivity index (χ4n) is 7.47. The molecule has 214 valence electrons. The third kappa shape index (κ3) is 3.89. The first-order valence-corrected chi connectivity index (χ1v) is 15.6. The van der Waals surface area contributed by atoms with Gasteiger partial charge in [-0.15, -0.1) is 0 Å². The van der Waals surface area contributed by atoms with Crippen LogP contribution in [-0.4, -0.2) is 0 Å². The second-order valence-electron chi connectivity index (χ2n) is 12.6. The fourth-order valence-corrected chi connectivity index (χ4v) is 7.47.